The molecule has 1 aliphatic carbocycles. The molecule has 7 nitrogen and oxygen atoms in total. The summed E-state index contributed by atoms with van der Waals surface area (Å²) >= 11 is 0. The third-order valence-corrected chi connectivity index (χ3v) is 5.90. The van der Waals surface area contributed by atoms with Crippen molar-refractivity contribution < 1.29 is 9.47 Å². The lowest BCUT2D eigenvalue weighted by molar-refractivity contribution is -0.0276. The monoisotopic (exact) mass is 375 g/mol. The second-order valence-electron chi connectivity index (χ2n) is 8.62. The Morgan fingerprint density at radius 3 is 2.67 bits per heavy atom. The summed E-state index contributed by atoms with van der Waals surface area (Å²) in [5.41, 5.74) is 8.06. The average Bonchev–Trinajstić information content (AvgIpc) is 3.04. The fourth-order valence-corrected chi connectivity index (χ4v) is 4.89. The van der Waals surface area contributed by atoms with Crippen molar-refractivity contribution in [3.8, 4) is 0 Å². The van der Waals surface area contributed by atoms with E-state index in [1.165, 1.54) is 0 Å². The molecule has 0 amide bonds. The lowest BCUT2D eigenvalue weighted by Crippen LogP contribution is -2.46. The molecular formula is C20H33N5O2. The van der Waals surface area contributed by atoms with Crippen molar-refractivity contribution in [3.63, 3.8) is 0 Å². The largest absolute Gasteiger partial charge is 0.376 e. The maximum atomic E-state index is 6.12. The van der Waals surface area contributed by atoms with Gasteiger partial charge in [-0.25, -0.2) is 15.4 Å². The lowest BCUT2D eigenvalue weighted by Gasteiger charge is -2.36. The summed E-state index contributed by atoms with van der Waals surface area (Å²) in [5.74, 6) is 1.49. The molecule has 0 radical (unpaired) electrons. The number of anilines is 1. The number of hydrogen-bond donors (Lipinski definition) is 2. The zero-order valence-corrected chi connectivity index (χ0v) is 16.9. The lowest BCUT2D eigenvalue weighted by atomic mass is 9.79. The maximum Gasteiger partial charge on any atom is 0.132 e. The molecule has 0 spiro atoms. The quantitative estimate of drug-likeness (QED) is 0.836. The number of nitrogens with zero attached hydrogens (tertiary/aromatic N) is 3. The molecular weight excluding hydrogens is 342 g/mol. The zero-order valence-electron chi connectivity index (χ0n) is 16.9. The third kappa shape index (κ3) is 4.26. The highest BCUT2D eigenvalue weighted by Gasteiger charge is 2.42. The molecule has 3 heterocycles. The van der Waals surface area contributed by atoms with E-state index in [1.807, 2.05) is 0 Å². The molecule has 0 aromatic carbocycles. The summed E-state index contributed by atoms with van der Waals surface area (Å²) in [4.78, 5) is 11.5. The van der Waals surface area contributed by atoms with Crippen LogP contribution in [0.4, 0.5) is 5.82 Å². The fraction of sp³-hybridized carbons (Fsp3) is 0.800. The van der Waals surface area contributed by atoms with Gasteiger partial charge in [0.25, 0.3) is 0 Å². The number of nitrogens with one attached hydrogen (secondary N) is 2. The van der Waals surface area contributed by atoms with Crippen LogP contribution in [0.5, 0.6) is 0 Å². The molecule has 4 rings (SSSR count). The van der Waals surface area contributed by atoms with E-state index in [2.05, 4.69) is 59.5 Å². The Bertz CT molecular complexity index is 633. The van der Waals surface area contributed by atoms with E-state index in [0.29, 0.717) is 18.1 Å². The predicted octanol–water partition coefficient (Wildman–Crippen LogP) is 2.20. The molecule has 6 atom stereocenters. The van der Waals surface area contributed by atoms with E-state index in [1.54, 1.807) is 6.33 Å². The first-order valence-electron chi connectivity index (χ1n) is 10.4. The summed E-state index contributed by atoms with van der Waals surface area (Å²) in [7, 11) is 0. The minimum Gasteiger partial charge on any atom is -0.376 e. The topological polar surface area (TPSA) is 71.5 Å². The Labute approximate surface area is 162 Å². The number of rotatable bonds is 4. The summed E-state index contributed by atoms with van der Waals surface area (Å²) in [5, 5.41) is 0. The Kier molecular flexibility index (Phi) is 5.64. The van der Waals surface area contributed by atoms with E-state index in [9.17, 15) is 0 Å². The Balaban J connectivity index is 1.50. The van der Waals surface area contributed by atoms with Gasteiger partial charge in [0.15, 0.2) is 0 Å². The van der Waals surface area contributed by atoms with Crippen molar-refractivity contribution in [2.45, 2.75) is 83.5 Å². The maximum absolute atomic E-state index is 6.12. The fourth-order valence-electron chi connectivity index (χ4n) is 4.89. The smallest absolute Gasteiger partial charge is 0.132 e. The second kappa shape index (κ2) is 7.99. The van der Waals surface area contributed by atoms with E-state index < -0.39 is 0 Å². The van der Waals surface area contributed by atoms with Crippen LogP contribution in [-0.2, 0) is 9.47 Å². The van der Waals surface area contributed by atoms with E-state index >= 15 is 0 Å². The summed E-state index contributed by atoms with van der Waals surface area (Å²) in [6.45, 7) is 10.2. The summed E-state index contributed by atoms with van der Waals surface area (Å²) < 4.78 is 12.0. The van der Waals surface area contributed by atoms with Crippen molar-refractivity contribution in [3.05, 3.63) is 18.1 Å². The van der Waals surface area contributed by atoms with E-state index in [4.69, 9.17) is 9.47 Å². The van der Waals surface area contributed by atoms with Crippen LogP contribution in [0.25, 0.3) is 0 Å². The molecule has 27 heavy (non-hydrogen) atoms. The first-order valence-corrected chi connectivity index (χ1v) is 10.4. The van der Waals surface area contributed by atoms with Crippen molar-refractivity contribution in [1.82, 2.24) is 20.8 Å². The van der Waals surface area contributed by atoms with Gasteiger partial charge in [-0.2, -0.15) is 0 Å². The number of hydrogen-bond acceptors (Lipinski definition) is 7. The van der Waals surface area contributed by atoms with Gasteiger partial charge in [-0.1, -0.05) is 0 Å². The van der Waals surface area contributed by atoms with E-state index in [0.717, 1.165) is 43.9 Å². The van der Waals surface area contributed by atoms with Crippen LogP contribution in [-0.4, -0.2) is 53.5 Å². The molecule has 4 unspecified atom stereocenters. The summed E-state index contributed by atoms with van der Waals surface area (Å²) in [6.07, 6.45) is 6.10. The number of aromatic nitrogens is 2. The van der Waals surface area contributed by atoms with Crippen molar-refractivity contribution in [2.24, 2.45) is 5.92 Å². The van der Waals surface area contributed by atoms with Crippen molar-refractivity contribution in [2.75, 3.05) is 18.0 Å². The SMILES string of the molecule is CC(C)OC1CCC2NNC(c3cc(N4C[C@@H](C)O[C@@H](C)C4)ncn3)C2C1. The third-order valence-electron chi connectivity index (χ3n) is 5.90. The van der Waals surface area contributed by atoms with Crippen molar-refractivity contribution in [1.29, 1.82) is 0 Å². The van der Waals surface area contributed by atoms with Gasteiger partial charge in [0, 0.05) is 31.1 Å². The highest BCUT2D eigenvalue weighted by molar-refractivity contribution is 5.40. The molecule has 1 aromatic heterocycles. The molecule has 2 N–H and O–H groups in total. The van der Waals surface area contributed by atoms with Crippen LogP contribution in [0.15, 0.2) is 12.4 Å². The highest BCUT2D eigenvalue weighted by atomic mass is 16.5. The molecule has 1 aromatic rings. The van der Waals surface area contributed by atoms with Gasteiger partial charge >= 0.3 is 0 Å². The van der Waals surface area contributed by atoms with E-state index in [-0.39, 0.29) is 24.4 Å². The number of fused-ring (bicyclic) bond motifs is 1. The zero-order chi connectivity index (χ0) is 19.0. The standard InChI is InChI=1S/C20H33N5O2/c1-12(2)26-15-5-6-17-16(7-15)20(24-23-17)18-8-19(22-11-21-18)25-9-13(3)27-14(4)10-25/h8,11-17,20,23-24H,5-7,9-10H2,1-4H3/t13-,14+,15?,16?,17?,20?. The van der Waals surface area contributed by atoms with Gasteiger partial charge in [-0.15, -0.1) is 0 Å². The highest BCUT2D eigenvalue weighted by Crippen LogP contribution is 2.39. The predicted molar refractivity (Wildman–Crippen MR) is 104 cm³/mol. The van der Waals surface area contributed by atoms with Crippen LogP contribution >= 0.6 is 0 Å². The minimum atomic E-state index is 0.200. The van der Waals surface area contributed by atoms with Gasteiger partial charge in [0.1, 0.15) is 12.1 Å². The van der Waals surface area contributed by atoms with Crippen LogP contribution in [0.3, 0.4) is 0 Å². The van der Waals surface area contributed by atoms with Gasteiger partial charge in [-0.3, -0.25) is 5.43 Å². The summed E-state index contributed by atoms with van der Waals surface area (Å²) in [6, 6.07) is 2.84. The molecule has 2 aliphatic heterocycles. The van der Waals surface area contributed by atoms with Gasteiger partial charge in [-0.05, 0) is 47.0 Å². The molecule has 150 valence electrons. The minimum absolute atomic E-state index is 0.200. The molecule has 7 heteroatoms. The van der Waals surface area contributed by atoms with Crippen LogP contribution in [0.2, 0.25) is 0 Å². The van der Waals surface area contributed by atoms with Crippen LogP contribution in [0.1, 0.15) is 58.7 Å². The molecule has 3 aliphatic rings. The second-order valence-corrected chi connectivity index (χ2v) is 8.62. The molecule has 3 fully saturated rings. The number of hydrazine groups is 1. The number of morpholine rings is 1. The normalized spacial score (nSPS) is 36.9. The van der Waals surface area contributed by atoms with Gasteiger partial charge in [0.05, 0.1) is 36.2 Å². The number of ether oxygens (including phenoxy) is 2. The van der Waals surface area contributed by atoms with Gasteiger partial charge in [0.2, 0.25) is 0 Å². The Morgan fingerprint density at radius 2 is 1.93 bits per heavy atom. The van der Waals surface area contributed by atoms with Crippen molar-refractivity contribution >= 4 is 5.82 Å². The van der Waals surface area contributed by atoms with Crippen LogP contribution < -0.4 is 15.8 Å². The Morgan fingerprint density at radius 1 is 1.15 bits per heavy atom. The first kappa shape index (κ1) is 19.1. The first-order chi connectivity index (χ1) is 13.0. The average molecular weight is 376 g/mol. The molecule has 1 saturated carbocycles. The Hall–Kier alpha value is -1.28. The van der Waals surface area contributed by atoms with Gasteiger partial charge < -0.3 is 14.4 Å². The van der Waals surface area contributed by atoms with Crippen LogP contribution in [0, 0.1) is 5.92 Å². The molecule has 2 saturated heterocycles. The molecule has 0 bridgehead atoms.